The molecule has 0 saturated carbocycles. The summed E-state index contributed by atoms with van der Waals surface area (Å²) in [6.45, 7) is 15.6. The molecular weight excluding hydrogens is 389 g/mol. The van der Waals surface area contributed by atoms with Crippen molar-refractivity contribution >= 4 is 5.91 Å². The Bertz CT molecular complexity index is 650. The molecule has 3 atom stereocenters. The number of rotatable bonds is 9. The molecule has 1 aromatic rings. The van der Waals surface area contributed by atoms with E-state index in [1.54, 1.807) is 14.0 Å². The first-order chi connectivity index (χ1) is 14.7. The lowest BCUT2D eigenvalue weighted by Gasteiger charge is -2.41. The van der Waals surface area contributed by atoms with Crippen molar-refractivity contribution < 1.29 is 13.9 Å². The third-order valence-electron chi connectivity index (χ3n) is 6.90. The predicted molar refractivity (Wildman–Crippen MR) is 129 cm³/mol. The van der Waals surface area contributed by atoms with Crippen molar-refractivity contribution in [1.82, 2.24) is 4.90 Å². The van der Waals surface area contributed by atoms with Crippen LogP contribution in [0.25, 0.3) is 0 Å². The Balaban J connectivity index is 0.00000233. The molecule has 1 amide bonds. The molecule has 3 nitrogen and oxygen atoms in total. The summed E-state index contributed by atoms with van der Waals surface area (Å²) in [7, 11) is 1.69. The quantitative estimate of drug-likeness (QED) is 0.409. The summed E-state index contributed by atoms with van der Waals surface area (Å²) in [5.41, 5.74) is 1.18. The zero-order valence-corrected chi connectivity index (χ0v) is 21.2. The monoisotopic (exact) mass is 435 g/mol. The SMILES string of the molecule is CC.CCCC(C)(C)C(CC(C)C(C)F)C(=O)N1CCC(c2cccc(OC)c2)CC1. The lowest BCUT2D eigenvalue weighted by atomic mass is 9.70. The number of carbonyl (C=O) groups excluding carboxylic acids is 1. The van der Waals surface area contributed by atoms with Crippen molar-refractivity contribution in [2.45, 2.75) is 92.7 Å². The number of methoxy groups -OCH3 is 1. The molecule has 3 unspecified atom stereocenters. The summed E-state index contributed by atoms with van der Waals surface area (Å²) in [5.74, 6) is 1.34. The van der Waals surface area contributed by atoms with E-state index in [1.807, 2.05) is 37.8 Å². The van der Waals surface area contributed by atoms with E-state index < -0.39 is 6.17 Å². The Kier molecular flexibility index (Phi) is 11.6. The van der Waals surface area contributed by atoms with Gasteiger partial charge in [0, 0.05) is 19.0 Å². The van der Waals surface area contributed by atoms with Gasteiger partial charge in [-0.2, -0.15) is 0 Å². The van der Waals surface area contributed by atoms with Gasteiger partial charge >= 0.3 is 0 Å². The average molecular weight is 436 g/mol. The summed E-state index contributed by atoms with van der Waals surface area (Å²) in [5, 5.41) is 0. The van der Waals surface area contributed by atoms with Crippen LogP contribution < -0.4 is 4.74 Å². The van der Waals surface area contributed by atoms with Gasteiger partial charge in [-0.05, 0) is 67.6 Å². The van der Waals surface area contributed by atoms with E-state index in [0.29, 0.717) is 12.3 Å². The third kappa shape index (κ3) is 7.80. The van der Waals surface area contributed by atoms with Gasteiger partial charge in [0.2, 0.25) is 5.91 Å². The number of nitrogens with zero attached hydrogens (tertiary/aromatic N) is 1. The summed E-state index contributed by atoms with van der Waals surface area (Å²) in [4.78, 5) is 15.5. The fourth-order valence-electron chi connectivity index (χ4n) is 4.68. The van der Waals surface area contributed by atoms with Crippen LogP contribution in [0, 0.1) is 17.3 Å². The summed E-state index contributed by atoms with van der Waals surface area (Å²) in [6.07, 6.45) is 3.69. The topological polar surface area (TPSA) is 29.5 Å². The molecule has 1 fully saturated rings. The second-order valence-corrected chi connectivity index (χ2v) is 9.56. The van der Waals surface area contributed by atoms with E-state index in [4.69, 9.17) is 4.74 Å². The largest absolute Gasteiger partial charge is 0.497 e. The number of alkyl halides is 1. The van der Waals surface area contributed by atoms with Crippen LogP contribution in [-0.4, -0.2) is 37.2 Å². The fraction of sp³-hybridized carbons (Fsp3) is 0.741. The molecule has 4 heteroatoms. The Morgan fingerprint density at radius 1 is 1.23 bits per heavy atom. The molecule has 178 valence electrons. The van der Waals surface area contributed by atoms with Crippen molar-refractivity contribution in [3.05, 3.63) is 29.8 Å². The number of hydrogen-bond donors (Lipinski definition) is 0. The Labute approximate surface area is 190 Å². The first-order valence-electron chi connectivity index (χ1n) is 12.3. The van der Waals surface area contributed by atoms with E-state index in [2.05, 4.69) is 32.9 Å². The number of likely N-dealkylation sites (tertiary alicyclic amines) is 1. The molecular formula is C27H46FNO2. The van der Waals surface area contributed by atoms with E-state index in [1.165, 1.54) is 5.56 Å². The maximum Gasteiger partial charge on any atom is 0.226 e. The number of carbonyl (C=O) groups is 1. The Morgan fingerprint density at radius 3 is 2.35 bits per heavy atom. The molecule has 31 heavy (non-hydrogen) atoms. The van der Waals surface area contributed by atoms with Crippen molar-refractivity contribution in [1.29, 1.82) is 0 Å². The maximum atomic E-state index is 13.9. The molecule has 1 aromatic carbocycles. The van der Waals surface area contributed by atoms with Crippen LogP contribution in [0.3, 0.4) is 0 Å². The van der Waals surface area contributed by atoms with Crippen molar-refractivity contribution in [3.8, 4) is 5.75 Å². The average Bonchev–Trinajstić information content (AvgIpc) is 2.78. The highest BCUT2D eigenvalue weighted by Crippen LogP contribution is 2.39. The molecule has 0 bridgehead atoms. The maximum absolute atomic E-state index is 13.9. The van der Waals surface area contributed by atoms with Crippen molar-refractivity contribution in [3.63, 3.8) is 0 Å². The summed E-state index contributed by atoms with van der Waals surface area (Å²) >= 11 is 0. The first kappa shape index (κ1) is 27.5. The van der Waals surface area contributed by atoms with Gasteiger partial charge in [-0.3, -0.25) is 4.79 Å². The van der Waals surface area contributed by atoms with Crippen molar-refractivity contribution in [2.75, 3.05) is 20.2 Å². The molecule has 1 heterocycles. The second kappa shape index (κ2) is 13.1. The number of halogens is 1. The molecule has 2 rings (SSSR count). The van der Waals surface area contributed by atoms with E-state index in [0.717, 1.165) is 44.5 Å². The molecule has 0 N–H and O–H groups in total. The molecule has 0 aliphatic carbocycles. The van der Waals surface area contributed by atoms with Gasteiger partial charge in [-0.25, -0.2) is 4.39 Å². The van der Waals surface area contributed by atoms with Gasteiger partial charge in [0.15, 0.2) is 0 Å². The standard InChI is InChI=1S/C25H40FNO2.C2H6/c1-7-13-25(4,5)23(16-18(2)19(3)26)24(28)27-14-11-20(12-15-27)21-9-8-10-22(17-21)29-6;1-2/h8-10,17-20,23H,7,11-16H2,1-6H3;1-2H3. The minimum Gasteiger partial charge on any atom is -0.497 e. The van der Waals surface area contributed by atoms with E-state index in [9.17, 15) is 9.18 Å². The molecule has 0 aromatic heterocycles. The second-order valence-electron chi connectivity index (χ2n) is 9.56. The minimum atomic E-state index is -0.887. The van der Waals surface area contributed by atoms with Gasteiger partial charge in [-0.15, -0.1) is 0 Å². The van der Waals surface area contributed by atoms with Crippen LogP contribution in [0.4, 0.5) is 4.39 Å². The Morgan fingerprint density at radius 2 is 1.84 bits per heavy atom. The van der Waals surface area contributed by atoms with Crippen LogP contribution in [0.2, 0.25) is 0 Å². The van der Waals surface area contributed by atoms with Gasteiger partial charge in [0.05, 0.1) is 13.3 Å². The lowest BCUT2D eigenvalue weighted by molar-refractivity contribution is -0.142. The number of hydrogen-bond acceptors (Lipinski definition) is 2. The fourth-order valence-corrected chi connectivity index (χ4v) is 4.68. The van der Waals surface area contributed by atoms with Crippen LogP contribution in [0.15, 0.2) is 24.3 Å². The summed E-state index contributed by atoms with van der Waals surface area (Å²) < 4.78 is 19.3. The number of amides is 1. The zero-order chi connectivity index (χ0) is 23.6. The van der Waals surface area contributed by atoms with E-state index >= 15 is 0 Å². The molecule has 0 spiro atoms. The molecule has 1 aliphatic rings. The summed E-state index contributed by atoms with van der Waals surface area (Å²) in [6, 6.07) is 8.27. The smallest absolute Gasteiger partial charge is 0.226 e. The molecule has 0 radical (unpaired) electrons. The highest BCUT2D eigenvalue weighted by molar-refractivity contribution is 5.79. The van der Waals surface area contributed by atoms with E-state index in [-0.39, 0.29) is 23.2 Å². The molecule has 1 aliphatic heterocycles. The number of piperidine rings is 1. The highest BCUT2D eigenvalue weighted by Gasteiger charge is 2.39. The van der Waals surface area contributed by atoms with Crippen LogP contribution in [0.5, 0.6) is 5.75 Å². The number of ether oxygens (including phenoxy) is 1. The normalized spacial score (nSPS) is 17.9. The van der Waals surface area contributed by atoms with Crippen LogP contribution in [0.1, 0.15) is 92.1 Å². The van der Waals surface area contributed by atoms with Crippen LogP contribution >= 0.6 is 0 Å². The highest BCUT2D eigenvalue weighted by atomic mass is 19.1. The predicted octanol–water partition coefficient (Wildman–Crippen LogP) is 7.25. The van der Waals surface area contributed by atoms with Gasteiger partial charge in [0.1, 0.15) is 5.75 Å². The third-order valence-corrected chi connectivity index (χ3v) is 6.90. The number of benzene rings is 1. The lowest BCUT2D eigenvalue weighted by Crippen LogP contribution is -2.46. The van der Waals surface area contributed by atoms with Crippen molar-refractivity contribution in [2.24, 2.45) is 17.3 Å². The van der Waals surface area contributed by atoms with Gasteiger partial charge in [0.25, 0.3) is 0 Å². The van der Waals surface area contributed by atoms with Gasteiger partial charge in [-0.1, -0.05) is 60.1 Å². The van der Waals surface area contributed by atoms with Gasteiger partial charge < -0.3 is 9.64 Å². The zero-order valence-electron chi connectivity index (χ0n) is 21.2. The molecule has 1 saturated heterocycles. The minimum absolute atomic E-state index is 0.102. The van der Waals surface area contributed by atoms with Crippen LogP contribution in [-0.2, 0) is 4.79 Å². The Hall–Kier alpha value is -1.58. The first-order valence-corrected chi connectivity index (χ1v) is 12.3.